The zero-order valence-corrected chi connectivity index (χ0v) is 12.6. The van der Waals surface area contributed by atoms with Crippen molar-refractivity contribution in [2.75, 3.05) is 6.54 Å². The molecule has 1 heterocycles. The SMILES string of the molecule is CC(C)C(C)(C)CNC(=O)c1cnc(Cl)c(Cl)c1. The molecule has 0 aliphatic carbocycles. The molecule has 100 valence electrons. The summed E-state index contributed by atoms with van der Waals surface area (Å²) < 4.78 is 0. The molecule has 3 nitrogen and oxygen atoms in total. The first kappa shape index (κ1) is 15.3. The van der Waals surface area contributed by atoms with Gasteiger partial charge in [0.15, 0.2) is 0 Å². The van der Waals surface area contributed by atoms with E-state index in [4.69, 9.17) is 23.2 Å². The highest BCUT2D eigenvalue weighted by molar-refractivity contribution is 6.41. The van der Waals surface area contributed by atoms with E-state index in [9.17, 15) is 4.79 Å². The van der Waals surface area contributed by atoms with Crippen LogP contribution < -0.4 is 5.32 Å². The summed E-state index contributed by atoms with van der Waals surface area (Å²) in [6.07, 6.45) is 1.42. The normalized spacial score (nSPS) is 11.7. The predicted octanol–water partition coefficient (Wildman–Crippen LogP) is 3.80. The van der Waals surface area contributed by atoms with Gasteiger partial charge in [0, 0.05) is 12.7 Å². The van der Waals surface area contributed by atoms with Crippen LogP contribution in [0.4, 0.5) is 0 Å². The minimum Gasteiger partial charge on any atom is -0.351 e. The van der Waals surface area contributed by atoms with Gasteiger partial charge in [0.25, 0.3) is 5.91 Å². The van der Waals surface area contributed by atoms with E-state index < -0.39 is 0 Å². The number of rotatable bonds is 4. The van der Waals surface area contributed by atoms with E-state index in [0.717, 1.165) is 0 Å². The quantitative estimate of drug-likeness (QED) is 0.857. The third-order valence-corrected chi connectivity index (χ3v) is 4.01. The van der Waals surface area contributed by atoms with Crippen molar-refractivity contribution in [3.8, 4) is 0 Å². The fourth-order valence-electron chi connectivity index (χ4n) is 1.16. The van der Waals surface area contributed by atoms with Gasteiger partial charge < -0.3 is 5.32 Å². The van der Waals surface area contributed by atoms with Crippen molar-refractivity contribution in [2.24, 2.45) is 11.3 Å². The highest BCUT2D eigenvalue weighted by atomic mass is 35.5. The molecule has 0 unspecified atom stereocenters. The molecule has 0 aromatic carbocycles. The van der Waals surface area contributed by atoms with E-state index in [2.05, 4.69) is 38.0 Å². The van der Waals surface area contributed by atoms with Gasteiger partial charge in [-0.25, -0.2) is 4.98 Å². The number of amides is 1. The predicted molar refractivity (Wildman–Crippen MR) is 75.2 cm³/mol. The Morgan fingerprint density at radius 2 is 2.06 bits per heavy atom. The van der Waals surface area contributed by atoms with Gasteiger partial charge in [-0.2, -0.15) is 0 Å². The summed E-state index contributed by atoms with van der Waals surface area (Å²) in [5.74, 6) is 0.291. The van der Waals surface area contributed by atoms with Gasteiger partial charge in [-0.15, -0.1) is 0 Å². The van der Waals surface area contributed by atoms with Crippen LogP contribution in [0.3, 0.4) is 0 Å². The Kier molecular flexibility index (Phi) is 5.00. The van der Waals surface area contributed by atoms with Crippen molar-refractivity contribution >= 4 is 29.1 Å². The molecule has 0 saturated carbocycles. The lowest BCUT2D eigenvalue weighted by molar-refractivity contribution is 0.0924. The fourth-order valence-corrected chi connectivity index (χ4v) is 1.43. The minimum atomic E-state index is -0.185. The molecule has 0 spiro atoms. The topological polar surface area (TPSA) is 42.0 Å². The maximum atomic E-state index is 11.9. The number of hydrogen-bond acceptors (Lipinski definition) is 2. The van der Waals surface area contributed by atoms with E-state index >= 15 is 0 Å². The Morgan fingerprint density at radius 1 is 1.44 bits per heavy atom. The lowest BCUT2D eigenvalue weighted by Crippen LogP contribution is -2.37. The summed E-state index contributed by atoms with van der Waals surface area (Å²) >= 11 is 11.5. The van der Waals surface area contributed by atoms with Crippen LogP contribution in [0.5, 0.6) is 0 Å². The van der Waals surface area contributed by atoms with Gasteiger partial charge in [-0.3, -0.25) is 4.79 Å². The van der Waals surface area contributed by atoms with Crippen molar-refractivity contribution < 1.29 is 4.79 Å². The Balaban J connectivity index is 2.69. The number of nitrogens with zero attached hydrogens (tertiary/aromatic N) is 1. The summed E-state index contributed by atoms with van der Waals surface area (Å²) in [6, 6.07) is 1.52. The van der Waals surface area contributed by atoms with E-state index in [1.54, 1.807) is 0 Å². The Labute approximate surface area is 118 Å². The molecule has 1 N–H and O–H groups in total. The molecule has 18 heavy (non-hydrogen) atoms. The molecule has 1 aromatic rings. The van der Waals surface area contributed by atoms with Crippen LogP contribution >= 0.6 is 23.2 Å². The third kappa shape index (κ3) is 3.85. The highest BCUT2D eigenvalue weighted by Crippen LogP contribution is 2.25. The van der Waals surface area contributed by atoms with Crippen LogP contribution in [0, 0.1) is 11.3 Å². The number of hydrogen-bond donors (Lipinski definition) is 1. The van der Waals surface area contributed by atoms with Crippen molar-refractivity contribution in [1.29, 1.82) is 0 Å². The second-order valence-electron chi connectivity index (χ2n) is 5.32. The van der Waals surface area contributed by atoms with Gasteiger partial charge in [-0.05, 0) is 17.4 Å². The Morgan fingerprint density at radius 3 is 2.56 bits per heavy atom. The summed E-state index contributed by atoms with van der Waals surface area (Å²) in [5.41, 5.74) is 0.461. The Bertz CT molecular complexity index is 445. The van der Waals surface area contributed by atoms with E-state index in [0.29, 0.717) is 18.0 Å². The fraction of sp³-hybridized carbons (Fsp3) is 0.538. The van der Waals surface area contributed by atoms with Crippen LogP contribution in [0.2, 0.25) is 10.2 Å². The largest absolute Gasteiger partial charge is 0.351 e. The third-order valence-electron chi connectivity index (χ3n) is 3.33. The van der Waals surface area contributed by atoms with Crippen LogP contribution in [0.1, 0.15) is 38.1 Å². The van der Waals surface area contributed by atoms with Crippen molar-refractivity contribution in [3.05, 3.63) is 28.0 Å². The maximum absolute atomic E-state index is 11.9. The molecular weight excluding hydrogens is 271 g/mol. The Hall–Kier alpha value is -0.800. The minimum absolute atomic E-state index is 0.0410. The van der Waals surface area contributed by atoms with Crippen molar-refractivity contribution in [2.45, 2.75) is 27.7 Å². The first-order chi connectivity index (χ1) is 8.24. The average molecular weight is 289 g/mol. The lowest BCUT2D eigenvalue weighted by Gasteiger charge is -2.29. The number of halogens is 2. The monoisotopic (exact) mass is 288 g/mol. The van der Waals surface area contributed by atoms with Gasteiger partial charge in [-0.1, -0.05) is 50.9 Å². The summed E-state index contributed by atoms with van der Waals surface area (Å²) in [7, 11) is 0. The van der Waals surface area contributed by atoms with Gasteiger partial charge >= 0.3 is 0 Å². The number of pyridine rings is 1. The molecule has 0 aliphatic heterocycles. The van der Waals surface area contributed by atoms with Gasteiger partial charge in [0.1, 0.15) is 5.15 Å². The van der Waals surface area contributed by atoms with E-state index in [1.165, 1.54) is 12.3 Å². The van der Waals surface area contributed by atoms with Crippen LogP contribution in [0.15, 0.2) is 12.3 Å². The number of aromatic nitrogens is 1. The molecule has 0 aliphatic rings. The maximum Gasteiger partial charge on any atom is 0.252 e. The summed E-state index contributed by atoms with van der Waals surface area (Å²) in [6.45, 7) is 9.10. The summed E-state index contributed by atoms with van der Waals surface area (Å²) in [4.78, 5) is 15.8. The number of carbonyl (C=O) groups is 1. The lowest BCUT2D eigenvalue weighted by atomic mass is 9.81. The van der Waals surface area contributed by atoms with Crippen LogP contribution in [-0.2, 0) is 0 Å². The first-order valence-corrected chi connectivity index (χ1v) is 6.59. The molecule has 0 fully saturated rings. The van der Waals surface area contributed by atoms with Gasteiger partial charge in [0.2, 0.25) is 0 Å². The molecule has 5 heteroatoms. The van der Waals surface area contributed by atoms with Crippen molar-refractivity contribution in [3.63, 3.8) is 0 Å². The van der Waals surface area contributed by atoms with Gasteiger partial charge in [0.05, 0.1) is 10.6 Å². The zero-order valence-electron chi connectivity index (χ0n) is 11.1. The highest BCUT2D eigenvalue weighted by Gasteiger charge is 2.23. The molecule has 1 rings (SSSR count). The zero-order chi connectivity index (χ0) is 13.9. The standard InChI is InChI=1S/C13H18Cl2N2O/c1-8(2)13(3,4)7-17-12(18)9-5-10(14)11(15)16-6-9/h5-6,8H,7H2,1-4H3,(H,17,18). The second-order valence-corrected chi connectivity index (χ2v) is 6.09. The molecule has 0 saturated heterocycles. The molecule has 0 bridgehead atoms. The summed E-state index contributed by atoms with van der Waals surface area (Å²) in [5, 5.41) is 3.38. The van der Waals surface area contributed by atoms with Crippen LogP contribution in [-0.4, -0.2) is 17.4 Å². The second kappa shape index (κ2) is 5.89. The number of carbonyl (C=O) groups excluding carboxylic acids is 1. The molecular formula is C13H18Cl2N2O. The van der Waals surface area contributed by atoms with E-state index in [-0.39, 0.29) is 21.5 Å². The molecule has 0 atom stereocenters. The van der Waals surface area contributed by atoms with E-state index in [1.807, 2.05) is 0 Å². The molecule has 1 amide bonds. The number of nitrogens with one attached hydrogen (secondary N) is 1. The molecule has 1 aromatic heterocycles. The first-order valence-electron chi connectivity index (χ1n) is 5.83. The average Bonchev–Trinajstić information content (AvgIpc) is 2.29. The molecule has 0 radical (unpaired) electrons. The van der Waals surface area contributed by atoms with Crippen LogP contribution in [0.25, 0.3) is 0 Å². The smallest absolute Gasteiger partial charge is 0.252 e. The van der Waals surface area contributed by atoms with Crippen molar-refractivity contribution in [1.82, 2.24) is 10.3 Å².